The second-order valence-electron chi connectivity index (χ2n) is 5.40. The molecule has 2 nitrogen and oxygen atoms in total. The lowest BCUT2D eigenvalue weighted by Gasteiger charge is -2.27. The molecule has 0 saturated heterocycles. The van der Waals surface area contributed by atoms with Crippen molar-refractivity contribution in [2.45, 2.75) is 45.7 Å². The van der Waals surface area contributed by atoms with E-state index in [0.717, 1.165) is 18.6 Å². The second kappa shape index (κ2) is 7.81. The molecule has 108 valence electrons. The first-order chi connectivity index (χ1) is 8.99. The van der Waals surface area contributed by atoms with Crippen molar-refractivity contribution < 1.29 is 0 Å². The van der Waals surface area contributed by atoms with Crippen molar-refractivity contribution in [2.24, 2.45) is 5.73 Å². The first kappa shape index (κ1) is 16.4. The molecular weight excluding hydrogens is 252 g/mol. The molecule has 0 fully saturated rings. The van der Waals surface area contributed by atoms with Crippen LogP contribution in [0.1, 0.15) is 31.4 Å². The third-order valence-electron chi connectivity index (χ3n) is 3.81. The molecule has 2 atom stereocenters. The second-order valence-corrected chi connectivity index (χ2v) is 6.31. The Morgan fingerprint density at radius 3 is 2.58 bits per heavy atom. The van der Waals surface area contributed by atoms with Crippen LogP contribution in [-0.2, 0) is 6.42 Å². The molecule has 0 aliphatic carbocycles. The highest BCUT2D eigenvalue weighted by atomic mass is 32.2. The Hall–Kier alpha value is -0.670. The molecule has 0 radical (unpaired) electrons. The Morgan fingerprint density at radius 1 is 1.37 bits per heavy atom. The van der Waals surface area contributed by atoms with Gasteiger partial charge in [0.15, 0.2) is 0 Å². The van der Waals surface area contributed by atoms with Gasteiger partial charge in [-0.3, -0.25) is 0 Å². The van der Waals surface area contributed by atoms with Gasteiger partial charge in [0.25, 0.3) is 0 Å². The molecule has 1 aromatic carbocycles. The van der Waals surface area contributed by atoms with Crippen LogP contribution >= 0.6 is 11.8 Å². The zero-order valence-corrected chi connectivity index (χ0v) is 13.8. The number of aryl methyl sites for hydroxylation is 1. The number of nitrogens with two attached hydrogens (primary N) is 1. The molecule has 0 bridgehead atoms. The Balaban J connectivity index is 2.81. The molecule has 1 rings (SSSR count). The SMILES string of the molecule is CCC(N)Cc1ccc(N(C)C(C)CSC)cc1C. The largest absolute Gasteiger partial charge is 0.371 e. The summed E-state index contributed by atoms with van der Waals surface area (Å²) in [6.45, 7) is 6.60. The van der Waals surface area contributed by atoms with E-state index in [-0.39, 0.29) is 6.04 Å². The van der Waals surface area contributed by atoms with Gasteiger partial charge in [0.05, 0.1) is 0 Å². The summed E-state index contributed by atoms with van der Waals surface area (Å²) in [5.41, 5.74) is 10.1. The van der Waals surface area contributed by atoms with E-state index < -0.39 is 0 Å². The smallest absolute Gasteiger partial charge is 0.0369 e. The van der Waals surface area contributed by atoms with Crippen LogP contribution in [-0.4, -0.2) is 31.1 Å². The first-order valence-electron chi connectivity index (χ1n) is 7.06. The van der Waals surface area contributed by atoms with Crippen LogP contribution in [0.3, 0.4) is 0 Å². The minimum Gasteiger partial charge on any atom is -0.371 e. The molecule has 0 spiro atoms. The van der Waals surface area contributed by atoms with E-state index in [1.54, 1.807) is 0 Å². The van der Waals surface area contributed by atoms with Gasteiger partial charge in [0.2, 0.25) is 0 Å². The van der Waals surface area contributed by atoms with E-state index in [9.17, 15) is 0 Å². The predicted octanol–water partition coefficient (Wildman–Crippen LogP) is 3.46. The van der Waals surface area contributed by atoms with E-state index in [4.69, 9.17) is 5.73 Å². The van der Waals surface area contributed by atoms with Crippen molar-refractivity contribution in [3.05, 3.63) is 29.3 Å². The van der Waals surface area contributed by atoms with E-state index >= 15 is 0 Å². The fourth-order valence-corrected chi connectivity index (χ4v) is 2.87. The van der Waals surface area contributed by atoms with Crippen molar-refractivity contribution >= 4 is 17.4 Å². The molecule has 3 heteroatoms. The van der Waals surface area contributed by atoms with Crippen molar-refractivity contribution in [1.29, 1.82) is 0 Å². The van der Waals surface area contributed by atoms with Crippen LogP contribution in [0.2, 0.25) is 0 Å². The van der Waals surface area contributed by atoms with Gasteiger partial charge in [-0.25, -0.2) is 0 Å². The van der Waals surface area contributed by atoms with E-state index in [0.29, 0.717) is 6.04 Å². The van der Waals surface area contributed by atoms with Crippen LogP contribution in [0.5, 0.6) is 0 Å². The highest BCUT2D eigenvalue weighted by Gasteiger charge is 2.11. The lowest BCUT2D eigenvalue weighted by molar-refractivity contribution is 0.644. The summed E-state index contributed by atoms with van der Waals surface area (Å²) in [5, 5.41) is 0. The molecule has 2 N–H and O–H groups in total. The van der Waals surface area contributed by atoms with Gasteiger partial charge >= 0.3 is 0 Å². The van der Waals surface area contributed by atoms with Gasteiger partial charge in [-0.15, -0.1) is 0 Å². The average Bonchev–Trinajstić information content (AvgIpc) is 2.40. The Bertz CT molecular complexity index is 392. The van der Waals surface area contributed by atoms with E-state index in [1.165, 1.54) is 16.8 Å². The normalized spacial score (nSPS) is 14.2. The summed E-state index contributed by atoms with van der Waals surface area (Å²) < 4.78 is 0. The molecule has 0 heterocycles. The minimum absolute atomic E-state index is 0.276. The summed E-state index contributed by atoms with van der Waals surface area (Å²) in [7, 11) is 2.17. The summed E-state index contributed by atoms with van der Waals surface area (Å²) in [6.07, 6.45) is 4.17. The average molecular weight is 280 g/mol. The number of anilines is 1. The summed E-state index contributed by atoms with van der Waals surface area (Å²) >= 11 is 1.89. The van der Waals surface area contributed by atoms with Gasteiger partial charge in [0.1, 0.15) is 0 Å². The summed E-state index contributed by atoms with van der Waals surface area (Å²) in [6, 6.07) is 7.58. The molecule has 0 aliphatic heterocycles. The van der Waals surface area contributed by atoms with Crippen molar-refractivity contribution in [1.82, 2.24) is 0 Å². The number of hydrogen-bond acceptors (Lipinski definition) is 3. The molecule has 0 aromatic heterocycles. The van der Waals surface area contributed by atoms with Gasteiger partial charge in [0, 0.05) is 30.6 Å². The lowest BCUT2D eigenvalue weighted by atomic mass is 9.99. The maximum Gasteiger partial charge on any atom is 0.0369 e. The monoisotopic (exact) mass is 280 g/mol. The van der Waals surface area contributed by atoms with Crippen LogP contribution in [0.15, 0.2) is 18.2 Å². The minimum atomic E-state index is 0.276. The number of rotatable bonds is 7. The third-order valence-corrected chi connectivity index (χ3v) is 4.62. The molecule has 0 saturated carbocycles. The highest BCUT2D eigenvalue weighted by molar-refractivity contribution is 7.98. The van der Waals surface area contributed by atoms with Crippen LogP contribution in [0, 0.1) is 6.92 Å². The number of hydrogen-bond donors (Lipinski definition) is 1. The van der Waals surface area contributed by atoms with Gasteiger partial charge in [-0.2, -0.15) is 11.8 Å². The van der Waals surface area contributed by atoms with Crippen molar-refractivity contribution in [3.63, 3.8) is 0 Å². The quantitative estimate of drug-likeness (QED) is 0.829. The molecule has 2 unspecified atom stereocenters. The Kier molecular flexibility index (Phi) is 6.73. The van der Waals surface area contributed by atoms with Crippen LogP contribution < -0.4 is 10.6 Å². The Morgan fingerprint density at radius 2 is 2.05 bits per heavy atom. The van der Waals surface area contributed by atoms with Gasteiger partial charge < -0.3 is 10.6 Å². The lowest BCUT2D eigenvalue weighted by Crippen LogP contribution is -2.30. The third kappa shape index (κ3) is 4.73. The van der Waals surface area contributed by atoms with E-state index in [2.05, 4.69) is 57.2 Å². The highest BCUT2D eigenvalue weighted by Crippen LogP contribution is 2.22. The predicted molar refractivity (Wildman–Crippen MR) is 89.4 cm³/mol. The Labute approximate surface area is 122 Å². The summed E-state index contributed by atoms with van der Waals surface area (Å²) in [5.74, 6) is 1.15. The zero-order valence-electron chi connectivity index (χ0n) is 12.9. The standard InChI is InChI=1S/C16H28N2S/c1-6-15(17)10-14-7-8-16(9-12(14)2)18(4)13(3)11-19-5/h7-9,13,15H,6,10-11,17H2,1-5H3. The molecule has 0 amide bonds. The van der Waals surface area contributed by atoms with Crippen molar-refractivity contribution in [3.8, 4) is 0 Å². The van der Waals surface area contributed by atoms with Gasteiger partial charge in [-0.05, 0) is 56.2 Å². The molecular formula is C16H28N2S. The maximum atomic E-state index is 6.05. The molecule has 19 heavy (non-hydrogen) atoms. The van der Waals surface area contributed by atoms with E-state index in [1.807, 2.05) is 11.8 Å². The topological polar surface area (TPSA) is 29.3 Å². The maximum absolute atomic E-state index is 6.05. The van der Waals surface area contributed by atoms with Gasteiger partial charge in [-0.1, -0.05) is 13.0 Å². The molecule has 1 aromatic rings. The summed E-state index contributed by atoms with van der Waals surface area (Å²) in [4.78, 5) is 2.35. The fourth-order valence-electron chi connectivity index (χ4n) is 2.16. The number of nitrogens with zero attached hydrogens (tertiary/aromatic N) is 1. The van der Waals surface area contributed by atoms with Crippen LogP contribution in [0.25, 0.3) is 0 Å². The number of thioether (sulfide) groups is 1. The fraction of sp³-hybridized carbons (Fsp3) is 0.625. The zero-order chi connectivity index (χ0) is 14.4. The molecule has 0 aliphatic rings. The first-order valence-corrected chi connectivity index (χ1v) is 8.45. The van der Waals surface area contributed by atoms with Crippen LogP contribution in [0.4, 0.5) is 5.69 Å². The number of benzene rings is 1. The van der Waals surface area contributed by atoms with Crippen molar-refractivity contribution in [2.75, 3.05) is 24.0 Å².